The monoisotopic (exact) mass is 425 g/mol. The third-order valence-electron chi connectivity index (χ3n) is 5.81. The molecule has 0 saturated carbocycles. The highest BCUT2D eigenvalue weighted by molar-refractivity contribution is 8.00. The third kappa shape index (κ3) is 4.06. The first kappa shape index (κ1) is 20.8. The van der Waals surface area contributed by atoms with E-state index in [0.29, 0.717) is 11.7 Å². The van der Waals surface area contributed by atoms with E-state index in [2.05, 4.69) is 38.1 Å². The van der Waals surface area contributed by atoms with Crippen molar-refractivity contribution in [3.05, 3.63) is 59.7 Å². The van der Waals surface area contributed by atoms with E-state index in [9.17, 15) is 14.7 Å². The fourth-order valence-electron chi connectivity index (χ4n) is 4.50. The number of aliphatic carboxylic acids is 1. The minimum Gasteiger partial charge on any atom is -0.481 e. The van der Waals surface area contributed by atoms with Gasteiger partial charge >= 0.3 is 12.1 Å². The number of thioether (sulfide) groups is 1. The minimum absolute atomic E-state index is 0.00178. The summed E-state index contributed by atoms with van der Waals surface area (Å²) in [6.45, 7) is 4.48. The van der Waals surface area contributed by atoms with Crippen molar-refractivity contribution < 1.29 is 19.4 Å². The number of hydrogen-bond donors (Lipinski definition) is 1. The van der Waals surface area contributed by atoms with Crippen LogP contribution >= 0.6 is 11.8 Å². The van der Waals surface area contributed by atoms with Gasteiger partial charge in [-0.05, 0) is 34.6 Å². The van der Waals surface area contributed by atoms with Gasteiger partial charge in [-0.25, -0.2) is 4.79 Å². The molecule has 1 N–H and O–H groups in total. The van der Waals surface area contributed by atoms with Crippen molar-refractivity contribution in [3.8, 4) is 11.1 Å². The van der Waals surface area contributed by atoms with E-state index in [1.807, 2.05) is 24.3 Å². The maximum Gasteiger partial charge on any atom is 0.410 e. The normalized spacial score (nSPS) is 20.3. The predicted molar refractivity (Wildman–Crippen MR) is 119 cm³/mol. The topological polar surface area (TPSA) is 66.8 Å². The number of carboxylic acid groups (broad SMARTS) is 1. The van der Waals surface area contributed by atoms with Gasteiger partial charge in [-0.1, -0.05) is 62.4 Å². The van der Waals surface area contributed by atoms with Gasteiger partial charge in [0.25, 0.3) is 0 Å². The molecule has 2 aliphatic rings. The fraction of sp³-hybridized carbons (Fsp3) is 0.417. The molecular formula is C24H27NO4S. The van der Waals surface area contributed by atoms with Crippen molar-refractivity contribution in [2.75, 3.05) is 12.4 Å². The second kappa shape index (κ2) is 8.72. The highest BCUT2D eigenvalue weighted by Crippen LogP contribution is 2.44. The average molecular weight is 426 g/mol. The number of rotatable bonds is 6. The van der Waals surface area contributed by atoms with E-state index >= 15 is 0 Å². The molecule has 1 saturated heterocycles. The summed E-state index contributed by atoms with van der Waals surface area (Å²) in [5, 5.41) is 9.24. The summed E-state index contributed by atoms with van der Waals surface area (Å²) in [5.74, 6) is 0.156. The summed E-state index contributed by atoms with van der Waals surface area (Å²) < 4.78 is 5.83. The summed E-state index contributed by atoms with van der Waals surface area (Å²) in [4.78, 5) is 26.1. The molecule has 1 amide bonds. The second-order valence-electron chi connectivity index (χ2n) is 8.38. The van der Waals surface area contributed by atoms with Crippen molar-refractivity contribution >= 4 is 23.8 Å². The van der Waals surface area contributed by atoms with E-state index in [1.54, 1.807) is 16.7 Å². The number of nitrogens with zero attached hydrogens (tertiary/aromatic N) is 1. The molecule has 0 spiro atoms. The van der Waals surface area contributed by atoms with E-state index < -0.39 is 12.1 Å². The van der Waals surface area contributed by atoms with Crippen molar-refractivity contribution in [1.82, 2.24) is 4.90 Å². The van der Waals surface area contributed by atoms with Gasteiger partial charge in [0.1, 0.15) is 6.61 Å². The van der Waals surface area contributed by atoms with Gasteiger partial charge in [0.15, 0.2) is 0 Å². The Morgan fingerprint density at radius 2 is 1.70 bits per heavy atom. The molecule has 2 aromatic rings. The number of fused-ring (bicyclic) bond motifs is 3. The summed E-state index contributed by atoms with van der Waals surface area (Å²) >= 11 is 1.65. The van der Waals surface area contributed by atoms with Crippen LogP contribution in [0.3, 0.4) is 0 Å². The lowest BCUT2D eigenvalue weighted by molar-refractivity contribution is -0.138. The number of hydrogen-bond acceptors (Lipinski definition) is 4. The first-order valence-corrected chi connectivity index (χ1v) is 11.5. The number of carbonyl (C=O) groups excluding carboxylic acids is 1. The molecule has 2 unspecified atom stereocenters. The molecule has 2 atom stereocenters. The minimum atomic E-state index is -0.887. The highest BCUT2D eigenvalue weighted by atomic mass is 32.2. The molecule has 30 heavy (non-hydrogen) atoms. The van der Waals surface area contributed by atoms with E-state index in [0.717, 1.165) is 6.42 Å². The van der Waals surface area contributed by atoms with Crippen molar-refractivity contribution in [1.29, 1.82) is 0 Å². The van der Waals surface area contributed by atoms with Gasteiger partial charge in [0, 0.05) is 11.7 Å². The van der Waals surface area contributed by atoms with Gasteiger partial charge in [-0.3, -0.25) is 9.69 Å². The average Bonchev–Trinajstić information content (AvgIpc) is 3.24. The summed E-state index contributed by atoms with van der Waals surface area (Å²) in [7, 11) is 0. The molecule has 1 aliphatic heterocycles. The van der Waals surface area contributed by atoms with E-state index in [4.69, 9.17) is 4.74 Å². The molecule has 5 nitrogen and oxygen atoms in total. The Labute approximate surface area is 181 Å². The Hall–Kier alpha value is -2.47. The summed E-state index contributed by atoms with van der Waals surface area (Å²) in [6, 6.07) is 16.1. The molecule has 1 aliphatic carbocycles. The van der Waals surface area contributed by atoms with Crippen LogP contribution in [-0.4, -0.2) is 45.8 Å². The Bertz CT molecular complexity index is 899. The molecular weight excluding hydrogens is 398 g/mol. The Kier molecular flexibility index (Phi) is 6.04. The molecule has 1 fully saturated rings. The number of amides is 1. The first-order valence-electron chi connectivity index (χ1n) is 10.4. The first-order chi connectivity index (χ1) is 14.5. The van der Waals surface area contributed by atoms with Crippen molar-refractivity contribution in [3.63, 3.8) is 0 Å². The van der Waals surface area contributed by atoms with Crippen LogP contribution in [0, 0.1) is 5.92 Å². The van der Waals surface area contributed by atoms with Crippen molar-refractivity contribution in [2.24, 2.45) is 5.92 Å². The Morgan fingerprint density at radius 3 is 2.27 bits per heavy atom. The number of carboxylic acids is 1. The van der Waals surface area contributed by atoms with Crippen LogP contribution in [0.1, 0.15) is 43.7 Å². The standard InChI is InChI=1S/C24H27NO4S/c1-15(2)11-22-25(16(14-30-22)12-23(26)27)24(28)29-13-21-19-9-5-3-7-17(19)18-8-4-6-10-20(18)21/h3-10,15-16,21-22H,11-14H2,1-2H3,(H,26,27). The lowest BCUT2D eigenvalue weighted by atomic mass is 9.98. The van der Waals surface area contributed by atoms with Crippen LogP contribution < -0.4 is 0 Å². The maximum atomic E-state index is 13.1. The Morgan fingerprint density at radius 1 is 1.10 bits per heavy atom. The number of benzene rings is 2. The summed E-state index contributed by atoms with van der Waals surface area (Å²) in [6.07, 6.45) is 0.371. The predicted octanol–water partition coefficient (Wildman–Crippen LogP) is 5.20. The van der Waals surface area contributed by atoms with Crippen molar-refractivity contribution in [2.45, 2.75) is 44.0 Å². The number of carbonyl (C=O) groups is 2. The maximum absolute atomic E-state index is 13.1. The van der Waals surface area contributed by atoms with Gasteiger partial charge < -0.3 is 9.84 Å². The largest absolute Gasteiger partial charge is 0.481 e. The van der Waals surface area contributed by atoms with Crippen LogP contribution in [-0.2, 0) is 9.53 Å². The zero-order valence-electron chi connectivity index (χ0n) is 17.3. The molecule has 2 aromatic carbocycles. The van der Waals surface area contributed by atoms with E-state index in [-0.39, 0.29) is 30.4 Å². The van der Waals surface area contributed by atoms with Crippen LogP contribution in [0.15, 0.2) is 48.5 Å². The highest BCUT2D eigenvalue weighted by Gasteiger charge is 2.40. The molecule has 0 aromatic heterocycles. The van der Waals surface area contributed by atoms with E-state index in [1.165, 1.54) is 22.3 Å². The second-order valence-corrected chi connectivity index (χ2v) is 9.59. The van der Waals surface area contributed by atoms with Gasteiger partial charge in [0.2, 0.25) is 0 Å². The van der Waals surface area contributed by atoms with Crippen LogP contribution in [0.2, 0.25) is 0 Å². The van der Waals surface area contributed by atoms with Gasteiger partial charge in [-0.2, -0.15) is 0 Å². The lowest BCUT2D eigenvalue weighted by Gasteiger charge is -2.29. The fourth-order valence-corrected chi connectivity index (χ4v) is 6.16. The van der Waals surface area contributed by atoms with Crippen LogP contribution in [0.4, 0.5) is 4.79 Å². The molecule has 0 radical (unpaired) electrons. The molecule has 1 heterocycles. The summed E-state index contributed by atoms with van der Waals surface area (Å²) in [5.41, 5.74) is 4.71. The van der Waals surface area contributed by atoms with Gasteiger partial charge in [-0.15, -0.1) is 11.8 Å². The van der Waals surface area contributed by atoms with Crippen LogP contribution in [0.25, 0.3) is 11.1 Å². The van der Waals surface area contributed by atoms with Gasteiger partial charge in [0.05, 0.1) is 17.8 Å². The lowest BCUT2D eigenvalue weighted by Crippen LogP contribution is -2.43. The smallest absolute Gasteiger partial charge is 0.410 e. The molecule has 158 valence electrons. The zero-order valence-corrected chi connectivity index (χ0v) is 18.1. The number of ether oxygens (including phenoxy) is 1. The Balaban J connectivity index is 1.52. The van der Waals surface area contributed by atoms with Crippen LogP contribution in [0.5, 0.6) is 0 Å². The quantitative estimate of drug-likeness (QED) is 0.689. The third-order valence-corrected chi connectivity index (χ3v) is 7.20. The zero-order chi connectivity index (χ0) is 21.3. The SMILES string of the molecule is CC(C)CC1SCC(CC(=O)O)N1C(=O)OCC1c2ccccc2-c2ccccc21. The molecule has 6 heteroatoms. The molecule has 4 rings (SSSR count). The molecule has 0 bridgehead atoms.